The molecule has 2 heterocycles. The summed E-state index contributed by atoms with van der Waals surface area (Å²) >= 11 is 0. The number of carbonyl (C=O) groups excluding carboxylic acids is 1. The molecule has 4 aromatic rings. The maximum atomic E-state index is 12.6. The number of furan rings is 1. The van der Waals surface area contributed by atoms with Gasteiger partial charge in [0.1, 0.15) is 12.4 Å². The Kier molecular flexibility index (Phi) is 5.98. The Morgan fingerprint density at radius 3 is 2.84 bits per heavy atom. The third kappa shape index (κ3) is 5.01. The van der Waals surface area contributed by atoms with E-state index in [-0.39, 0.29) is 23.8 Å². The van der Waals surface area contributed by atoms with Gasteiger partial charge >= 0.3 is 5.69 Å². The highest BCUT2D eigenvalue weighted by atomic mass is 16.6. The van der Waals surface area contributed by atoms with Crippen LogP contribution in [0.4, 0.5) is 11.4 Å². The van der Waals surface area contributed by atoms with Crippen LogP contribution in [-0.2, 0) is 13.2 Å². The number of nitrogens with one attached hydrogen (secondary N) is 1. The van der Waals surface area contributed by atoms with Crippen LogP contribution >= 0.6 is 0 Å². The number of benzene rings is 2. The zero-order valence-electron chi connectivity index (χ0n) is 17.2. The van der Waals surface area contributed by atoms with E-state index in [0.717, 1.165) is 11.1 Å². The van der Waals surface area contributed by atoms with Crippen molar-refractivity contribution in [1.82, 2.24) is 9.78 Å². The van der Waals surface area contributed by atoms with Crippen molar-refractivity contribution in [2.24, 2.45) is 0 Å². The maximum absolute atomic E-state index is 12.6. The van der Waals surface area contributed by atoms with Crippen LogP contribution in [-0.4, -0.2) is 20.6 Å². The average molecular weight is 432 g/mol. The number of hydrogen-bond donors (Lipinski definition) is 1. The van der Waals surface area contributed by atoms with Crippen LogP contribution < -0.4 is 10.1 Å². The molecule has 32 heavy (non-hydrogen) atoms. The van der Waals surface area contributed by atoms with Crippen LogP contribution in [0, 0.1) is 17.0 Å². The third-order valence-corrected chi connectivity index (χ3v) is 4.66. The fraction of sp³-hybridized carbons (Fsp3) is 0.130. The van der Waals surface area contributed by atoms with Crippen molar-refractivity contribution in [2.75, 3.05) is 5.32 Å². The molecule has 9 nitrogen and oxygen atoms in total. The number of nitro groups is 1. The second-order valence-corrected chi connectivity index (χ2v) is 7.14. The monoisotopic (exact) mass is 432 g/mol. The number of aromatic nitrogens is 2. The molecule has 9 heteroatoms. The molecule has 162 valence electrons. The van der Waals surface area contributed by atoms with Crippen LogP contribution in [0.25, 0.3) is 0 Å². The molecule has 1 N–H and O–H groups in total. The predicted octanol–water partition coefficient (Wildman–Crippen LogP) is 4.57. The number of amides is 1. The minimum atomic E-state index is -0.496. The average Bonchev–Trinajstić information content (AvgIpc) is 3.45. The first kappa shape index (κ1) is 20.9. The van der Waals surface area contributed by atoms with Crippen LogP contribution in [0.5, 0.6) is 5.75 Å². The Hall–Kier alpha value is -4.40. The minimum Gasteiger partial charge on any atom is -0.479 e. The molecule has 0 radical (unpaired) electrons. The Labute approximate surface area is 183 Å². The van der Waals surface area contributed by atoms with Gasteiger partial charge in [0, 0.05) is 24.1 Å². The summed E-state index contributed by atoms with van der Waals surface area (Å²) in [7, 11) is 0. The van der Waals surface area contributed by atoms with E-state index in [2.05, 4.69) is 10.4 Å². The van der Waals surface area contributed by atoms with Crippen molar-refractivity contribution in [3.05, 3.63) is 106 Å². The summed E-state index contributed by atoms with van der Waals surface area (Å²) in [5.74, 6) is 0.211. The summed E-state index contributed by atoms with van der Waals surface area (Å²) in [5.41, 5.74) is 2.25. The Morgan fingerprint density at radius 2 is 2.06 bits per heavy atom. The number of rotatable bonds is 8. The summed E-state index contributed by atoms with van der Waals surface area (Å²) in [5, 5.41) is 18.2. The quantitative estimate of drug-likeness (QED) is 0.322. The van der Waals surface area contributed by atoms with Crippen molar-refractivity contribution in [2.45, 2.75) is 20.1 Å². The first-order chi connectivity index (χ1) is 15.5. The van der Waals surface area contributed by atoms with Gasteiger partial charge in [-0.25, -0.2) is 0 Å². The Bertz CT molecular complexity index is 1250. The van der Waals surface area contributed by atoms with E-state index in [1.165, 1.54) is 12.1 Å². The SMILES string of the molecule is Cc1ccc(OCc2ccc(C(=O)Nc3cccc(Cn4cccn4)c3)o2)c([N+](=O)[O-])c1. The summed E-state index contributed by atoms with van der Waals surface area (Å²) < 4.78 is 12.9. The molecule has 0 aliphatic carbocycles. The number of aryl methyl sites for hydroxylation is 1. The van der Waals surface area contributed by atoms with E-state index in [0.29, 0.717) is 18.0 Å². The van der Waals surface area contributed by atoms with Crippen LogP contribution in [0.15, 0.2) is 77.5 Å². The van der Waals surface area contributed by atoms with Crippen LogP contribution in [0.3, 0.4) is 0 Å². The molecule has 0 fully saturated rings. The molecule has 0 aliphatic rings. The van der Waals surface area contributed by atoms with Gasteiger partial charge in [0.2, 0.25) is 0 Å². The molecule has 2 aromatic heterocycles. The van der Waals surface area contributed by atoms with E-state index in [1.807, 2.05) is 30.5 Å². The summed E-state index contributed by atoms with van der Waals surface area (Å²) in [6.45, 7) is 2.31. The maximum Gasteiger partial charge on any atom is 0.311 e. The smallest absolute Gasteiger partial charge is 0.311 e. The highest BCUT2D eigenvalue weighted by Gasteiger charge is 2.17. The molecule has 0 spiro atoms. The first-order valence-corrected chi connectivity index (χ1v) is 9.82. The number of anilines is 1. The molecule has 1 amide bonds. The standard InChI is InChI=1S/C23H20N4O5/c1-16-6-8-21(20(12-16)27(29)30)31-15-19-7-9-22(32-19)23(28)25-18-5-2-4-17(13-18)14-26-11-3-10-24-26/h2-13H,14-15H2,1H3,(H,25,28). The lowest BCUT2D eigenvalue weighted by molar-refractivity contribution is -0.386. The van der Waals surface area contributed by atoms with Crippen LogP contribution in [0.1, 0.15) is 27.4 Å². The second-order valence-electron chi connectivity index (χ2n) is 7.14. The number of hydrogen-bond acceptors (Lipinski definition) is 6. The highest BCUT2D eigenvalue weighted by Crippen LogP contribution is 2.28. The second kappa shape index (κ2) is 9.17. The van der Waals surface area contributed by atoms with E-state index >= 15 is 0 Å². The van der Waals surface area contributed by atoms with Gasteiger partial charge in [-0.2, -0.15) is 5.10 Å². The lowest BCUT2D eigenvalue weighted by Crippen LogP contribution is -2.11. The van der Waals surface area contributed by atoms with Gasteiger partial charge in [0.25, 0.3) is 5.91 Å². The summed E-state index contributed by atoms with van der Waals surface area (Å²) in [6.07, 6.45) is 3.57. The van der Waals surface area contributed by atoms with Gasteiger partial charge in [-0.1, -0.05) is 18.2 Å². The molecule has 4 rings (SSSR count). The zero-order chi connectivity index (χ0) is 22.5. The van der Waals surface area contributed by atoms with Gasteiger partial charge in [-0.3, -0.25) is 19.6 Å². The zero-order valence-corrected chi connectivity index (χ0v) is 17.2. The summed E-state index contributed by atoms with van der Waals surface area (Å²) in [4.78, 5) is 23.3. The van der Waals surface area contributed by atoms with Crippen molar-refractivity contribution >= 4 is 17.3 Å². The summed E-state index contributed by atoms with van der Waals surface area (Å²) in [6, 6.07) is 17.1. The van der Waals surface area contributed by atoms with E-state index < -0.39 is 10.8 Å². The topological polar surface area (TPSA) is 112 Å². The van der Waals surface area contributed by atoms with Gasteiger partial charge in [0.15, 0.2) is 11.5 Å². The van der Waals surface area contributed by atoms with E-state index in [4.69, 9.17) is 9.15 Å². The van der Waals surface area contributed by atoms with E-state index in [1.54, 1.807) is 42.1 Å². The molecule has 2 aromatic carbocycles. The van der Waals surface area contributed by atoms with Gasteiger partial charge in [-0.15, -0.1) is 0 Å². The third-order valence-electron chi connectivity index (χ3n) is 4.66. The molecule has 0 bridgehead atoms. The molecular formula is C23H20N4O5. The minimum absolute atomic E-state index is 0.0451. The first-order valence-electron chi connectivity index (χ1n) is 9.82. The van der Waals surface area contributed by atoms with Crippen molar-refractivity contribution < 1.29 is 18.9 Å². The fourth-order valence-electron chi connectivity index (χ4n) is 3.14. The molecule has 0 saturated heterocycles. The highest BCUT2D eigenvalue weighted by molar-refractivity contribution is 6.02. The largest absolute Gasteiger partial charge is 0.479 e. The molecule has 0 saturated carbocycles. The van der Waals surface area contributed by atoms with Crippen molar-refractivity contribution in [3.63, 3.8) is 0 Å². The lowest BCUT2D eigenvalue weighted by Gasteiger charge is -2.07. The number of nitro benzene ring substituents is 1. The Morgan fingerprint density at radius 1 is 1.19 bits per heavy atom. The van der Waals surface area contributed by atoms with Gasteiger partial charge in [-0.05, 0) is 54.4 Å². The van der Waals surface area contributed by atoms with Gasteiger partial charge in [0.05, 0.1) is 11.5 Å². The Balaban J connectivity index is 1.39. The lowest BCUT2D eigenvalue weighted by atomic mass is 10.2. The number of nitrogens with zero attached hydrogens (tertiary/aromatic N) is 3. The van der Waals surface area contributed by atoms with Gasteiger partial charge < -0.3 is 14.5 Å². The van der Waals surface area contributed by atoms with Crippen molar-refractivity contribution in [3.8, 4) is 5.75 Å². The fourth-order valence-corrected chi connectivity index (χ4v) is 3.14. The predicted molar refractivity (Wildman–Crippen MR) is 117 cm³/mol. The molecule has 0 atom stereocenters. The normalized spacial score (nSPS) is 10.7. The van der Waals surface area contributed by atoms with E-state index in [9.17, 15) is 14.9 Å². The number of ether oxygens (including phenoxy) is 1. The van der Waals surface area contributed by atoms with Crippen LogP contribution in [0.2, 0.25) is 0 Å². The molecule has 0 unspecified atom stereocenters. The molecular weight excluding hydrogens is 412 g/mol. The molecule has 0 aliphatic heterocycles. The van der Waals surface area contributed by atoms with Crippen molar-refractivity contribution in [1.29, 1.82) is 0 Å². The number of carbonyl (C=O) groups is 1.